The van der Waals surface area contributed by atoms with Gasteiger partial charge in [-0.3, -0.25) is 9.79 Å². The van der Waals surface area contributed by atoms with Crippen LogP contribution in [-0.2, 0) is 11.2 Å². The molecule has 22 heavy (non-hydrogen) atoms. The van der Waals surface area contributed by atoms with Gasteiger partial charge in [-0.2, -0.15) is 0 Å². The van der Waals surface area contributed by atoms with E-state index in [1.807, 2.05) is 18.2 Å². The van der Waals surface area contributed by atoms with Gasteiger partial charge in [0.25, 0.3) is 0 Å². The summed E-state index contributed by atoms with van der Waals surface area (Å²) in [6.45, 7) is 2.68. The lowest BCUT2D eigenvalue weighted by molar-refractivity contribution is -0.121. The van der Waals surface area contributed by atoms with Crippen molar-refractivity contribution in [1.29, 1.82) is 0 Å². The van der Waals surface area contributed by atoms with Gasteiger partial charge in [-0.1, -0.05) is 37.3 Å². The fraction of sp³-hybridized carbons (Fsp3) is 0.529. The highest BCUT2D eigenvalue weighted by atomic mass is 16.1. The molecular formula is C17H28N4O. The molecule has 0 spiro atoms. The van der Waals surface area contributed by atoms with E-state index in [0.29, 0.717) is 25.3 Å². The summed E-state index contributed by atoms with van der Waals surface area (Å²) >= 11 is 0. The van der Waals surface area contributed by atoms with Gasteiger partial charge in [0, 0.05) is 13.0 Å². The third-order valence-corrected chi connectivity index (χ3v) is 3.61. The topological polar surface area (TPSA) is 107 Å². The second-order valence-corrected chi connectivity index (χ2v) is 5.87. The first-order valence-corrected chi connectivity index (χ1v) is 7.86. The van der Waals surface area contributed by atoms with Gasteiger partial charge in [0.2, 0.25) is 0 Å². The Bertz CT molecular complexity index is 469. The Morgan fingerprint density at radius 1 is 1.18 bits per heavy atom. The minimum absolute atomic E-state index is 0.107. The summed E-state index contributed by atoms with van der Waals surface area (Å²) in [5, 5.41) is 0. The lowest BCUT2D eigenvalue weighted by atomic mass is 9.92. The molecule has 0 bridgehead atoms. The van der Waals surface area contributed by atoms with Gasteiger partial charge in [-0.15, -0.1) is 0 Å². The highest BCUT2D eigenvalue weighted by Crippen LogP contribution is 2.14. The van der Waals surface area contributed by atoms with Crippen molar-refractivity contribution in [3.8, 4) is 0 Å². The summed E-state index contributed by atoms with van der Waals surface area (Å²) < 4.78 is 0. The van der Waals surface area contributed by atoms with Gasteiger partial charge in [0.1, 0.15) is 5.78 Å². The molecule has 5 heteroatoms. The summed E-state index contributed by atoms with van der Waals surface area (Å²) in [6, 6.07) is 9.84. The van der Waals surface area contributed by atoms with Crippen molar-refractivity contribution < 1.29 is 4.79 Å². The standard InChI is InChI=1S/C17H28N4O/c1-13(11-14-7-3-2-4-8-14)12-16(22)15(18)9-5-6-10-21-17(19)20/h2-4,7-8,13,15H,5-6,9-12,18H2,1H3,(H4,19,20,21)/t13-,15?/m1/s1. The minimum atomic E-state index is -0.377. The molecule has 1 rings (SSSR count). The molecule has 0 radical (unpaired) electrons. The van der Waals surface area contributed by atoms with E-state index in [9.17, 15) is 4.79 Å². The number of aliphatic imine (C=N–C) groups is 1. The number of unbranched alkanes of at least 4 members (excludes halogenated alkanes) is 1. The molecule has 1 aromatic rings. The number of Topliss-reactive ketones (excluding diaryl/α,β-unsaturated/α-hetero) is 1. The average molecular weight is 304 g/mol. The summed E-state index contributed by atoms with van der Waals surface area (Å²) in [5.41, 5.74) is 17.7. The van der Waals surface area contributed by atoms with Crippen LogP contribution in [0.4, 0.5) is 0 Å². The third kappa shape index (κ3) is 7.78. The first-order chi connectivity index (χ1) is 10.5. The SMILES string of the molecule is C[C@@H](CC(=O)C(N)CCCCN=C(N)N)Cc1ccccc1. The molecule has 0 heterocycles. The van der Waals surface area contributed by atoms with Crippen molar-refractivity contribution in [2.45, 2.75) is 45.1 Å². The van der Waals surface area contributed by atoms with E-state index < -0.39 is 0 Å². The summed E-state index contributed by atoms with van der Waals surface area (Å²) in [6.07, 6.45) is 3.83. The predicted molar refractivity (Wildman–Crippen MR) is 91.4 cm³/mol. The number of ketones is 1. The monoisotopic (exact) mass is 304 g/mol. The first kappa shape index (κ1) is 18.2. The molecule has 0 amide bonds. The molecule has 1 aromatic carbocycles. The molecule has 5 nitrogen and oxygen atoms in total. The van der Waals surface area contributed by atoms with Crippen molar-refractivity contribution in [2.24, 2.45) is 28.1 Å². The average Bonchev–Trinajstić information content (AvgIpc) is 2.47. The van der Waals surface area contributed by atoms with Crippen LogP contribution in [0.5, 0.6) is 0 Å². The lowest BCUT2D eigenvalue weighted by Crippen LogP contribution is -2.31. The van der Waals surface area contributed by atoms with Crippen molar-refractivity contribution in [3.05, 3.63) is 35.9 Å². The molecule has 0 aromatic heterocycles. The smallest absolute Gasteiger partial charge is 0.185 e. The molecule has 2 atom stereocenters. The van der Waals surface area contributed by atoms with Gasteiger partial charge in [0.15, 0.2) is 5.96 Å². The van der Waals surface area contributed by atoms with Gasteiger partial charge in [-0.25, -0.2) is 0 Å². The Labute approximate surface area is 133 Å². The van der Waals surface area contributed by atoms with Crippen LogP contribution in [0, 0.1) is 5.92 Å². The maximum atomic E-state index is 12.1. The normalized spacial score (nSPS) is 13.4. The zero-order valence-corrected chi connectivity index (χ0v) is 13.4. The number of carbonyl (C=O) groups excluding carboxylic acids is 1. The van der Waals surface area contributed by atoms with Crippen molar-refractivity contribution >= 4 is 11.7 Å². The predicted octanol–water partition coefficient (Wildman–Crippen LogP) is 1.60. The molecule has 0 aliphatic carbocycles. The van der Waals surface area contributed by atoms with Gasteiger partial charge < -0.3 is 17.2 Å². The Kier molecular flexibility index (Phi) is 8.22. The van der Waals surface area contributed by atoms with E-state index in [1.54, 1.807) is 0 Å². The number of nitrogens with zero attached hydrogens (tertiary/aromatic N) is 1. The van der Waals surface area contributed by atoms with E-state index in [0.717, 1.165) is 19.3 Å². The number of benzene rings is 1. The van der Waals surface area contributed by atoms with Crippen LogP contribution in [-0.4, -0.2) is 24.3 Å². The van der Waals surface area contributed by atoms with Gasteiger partial charge >= 0.3 is 0 Å². The Morgan fingerprint density at radius 2 is 1.86 bits per heavy atom. The van der Waals surface area contributed by atoms with Crippen LogP contribution < -0.4 is 17.2 Å². The molecule has 1 unspecified atom stereocenters. The zero-order valence-electron chi connectivity index (χ0n) is 13.4. The quantitative estimate of drug-likeness (QED) is 0.346. The van der Waals surface area contributed by atoms with E-state index in [2.05, 4.69) is 24.0 Å². The van der Waals surface area contributed by atoms with Crippen LogP contribution >= 0.6 is 0 Å². The highest BCUT2D eigenvalue weighted by molar-refractivity contribution is 5.83. The van der Waals surface area contributed by atoms with Crippen LogP contribution in [0.15, 0.2) is 35.3 Å². The van der Waals surface area contributed by atoms with Crippen LogP contribution in [0.2, 0.25) is 0 Å². The number of rotatable bonds is 10. The fourth-order valence-corrected chi connectivity index (χ4v) is 2.43. The molecule has 0 saturated heterocycles. The summed E-state index contributed by atoms with van der Waals surface area (Å²) in [4.78, 5) is 16.0. The Balaban J connectivity index is 2.24. The van der Waals surface area contributed by atoms with E-state index in [4.69, 9.17) is 17.2 Å². The number of carbonyl (C=O) groups is 1. The molecule has 0 saturated carbocycles. The van der Waals surface area contributed by atoms with Crippen LogP contribution in [0.1, 0.15) is 38.2 Å². The lowest BCUT2D eigenvalue weighted by Gasteiger charge is -2.14. The molecule has 0 aliphatic heterocycles. The third-order valence-electron chi connectivity index (χ3n) is 3.61. The zero-order chi connectivity index (χ0) is 16.4. The molecule has 0 fully saturated rings. The summed E-state index contributed by atoms with van der Waals surface area (Å²) in [5.74, 6) is 0.558. The molecule has 122 valence electrons. The van der Waals surface area contributed by atoms with Crippen LogP contribution in [0.25, 0.3) is 0 Å². The van der Waals surface area contributed by atoms with E-state index in [1.165, 1.54) is 5.56 Å². The number of guanidine groups is 1. The summed E-state index contributed by atoms with van der Waals surface area (Å²) in [7, 11) is 0. The number of hydrogen-bond donors (Lipinski definition) is 3. The first-order valence-electron chi connectivity index (χ1n) is 7.86. The van der Waals surface area contributed by atoms with Gasteiger partial charge in [0.05, 0.1) is 6.04 Å². The van der Waals surface area contributed by atoms with Crippen LogP contribution in [0.3, 0.4) is 0 Å². The van der Waals surface area contributed by atoms with Crippen molar-refractivity contribution in [1.82, 2.24) is 0 Å². The van der Waals surface area contributed by atoms with Gasteiger partial charge in [-0.05, 0) is 37.2 Å². The second kappa shape index (κ2) is 9.95. The number of hydrogen-bond acceptors (Lipinski definition) is 3. The number of nitrogens with two attached hydrogens (primary N) is 3. The maximum absolute atomic E-state index is 12.1. The van der Waals surface area contributed by atoms with Crippen molar-refractivity contribution in [3.63, 3.8) is 0 Å². The fourth-order valence-electron chi connectivity index (χ4n) is 2.43. The van der Waals surface area contributed by atoms with E-state index >= 15 is 0 Å². The highest BCUT2D eigenvalue weighted by Gasteiger charge is 2.16. The Hall–Kier alpha value is -1.88. The van der Waals surface area contributed by atoms with E-state index in [-0.39, 0.29) is 17.8 Å². The largest absolute Gasteiger partial charge is 0.370 e. The molecule has 6 N–H and O–H groups in total. The maximum Gasteiger partial charge on any atom is 0.185 e. The Morgan fingerprint density at radius 3 is 2.50 bits per heavy atom. The molecular weight excluding hydrogens is 276 g/mol. The van der Waals surface area contributed by atoms with Crippen molar-refractivity contribution in [2.75, 3.05) is 6.54 Å². The minimum Gasteiger partial charge on any atom is -0.370 e. The molecule has 0 aliphatic rings. The second-order valence-electron chi connectivity index (χ2n) is 5.87.